The average Bonchev–Trinajstić information content (AvgIpc) is 2.36. The Balaban J connectivity index is 2.84. The molecule has 0 heterocycles. The van der Waals surface area contributed by atoms with Crippen molar-refractivity contribution in [1.29, 1.82) is 0 Å². The van der Waals surface area contributed by atoms with Crippen molar-refractivity contribution in [3.63, 3.8) is 0 Å². The third-order valence-corrected chi connectivity index (χ3v) is 2.81. The van der Waals surface area contributed by atoms with Gasteiger partial charge in [0, 0.05) is 6.42 Å². The minimum atomic E-state index is -0.969. The zero-order valence-electron chi connectivity index (χ0n) is 10.9. The Hall–Kier alpha value is -1.26. The van der Waals surface area contributed by atoms with Gasteiger partial charge in [0.15, 0.2) is 5.60 Å². The molecule has 0 spiro atoms. The van der Waals surface area contributed by atoms with Gasteiger partial charge in [-0.15, -0.1) is 0 Å². The molecule has 1 atom stereocenters. The van der Waals surface area contributed by atoms with Crippen LogP contribution in [0, 0.1) is 11.8 Å². The molecule has 1 aromatic rings. The number of hydrogen-bond donors (Lipinski definition) is 1. The van der Waals surface area contributed by atoms with Crippen LogP contribution in [-0.2, 0) is 5.60 Å². The highest BCUT2D eigenvalue weighted by Gasteiger charge is 2.25. The number of hydrogen-bond acceptors (Lipinski definition) is 1. The van der Waals surface area contributed by atoms with Crippen molar-refractivity contribution in [2.45, 2.75) is 51.6 Å². The van der Waals surface area contributed by atoms with E-state index in [1.807, 2.05) is 30.3 Å². The highest BCUT2D eigenvalue weighted by atomic mass is 16.3. The fourth-order valence-electron chi connectivity index (χ4n) is 1.83. The zero-order chi connectivity index (χ0) is 12.6. The van der Waals surface area contributed by atoms with Crippen LogP contribution in [0.5, 0.6) is 0 Å². The van der Waals surface area contributed by atoms with Gasteiger partial charge in [-0.1, -0.05) is 68.9 Å². The summed E-state index contributed by atoms with van der Waals surface area (Å²) in [5.41, 5.74) is -0.0603. The lowest BCUT2D eigenvalue weighted by Gasteiger charge is -2.22. The Morgan fingerprint density at radius 3 is 2.41 bits per heavy atom. The summed E-state index contributed by atoms with van der Waals surface area (Å²) >= 11 is 0. The molecule has 1 nitrogen and oxygen atoms in total. The summed E-state index contributed by atoms with van der Waals surface area (Å²) in [7, 11) is 0. The van der Waals surface area contributed by atoms with Crippen molar-refractivity contribution in [3.05, 3.63) is 35.9 Å². The Morgan fingerprint density at radius 1 is 1.12 bits per heavy atom. The van der Waals surface area contributed by atoms with E-state index in [0.717, 1.165) is 31.2 Å². The lowest BCUT2D eigenvalue weighted by atomic mass is 9.90. The number of rotatable bonds is 5. The molecule has 0 aliphatic carbocycles. The van der Waals surface area contributed by atoms with Crippen LogP contribution in [0.4, 0.5) is 0 Å². The van der Waals surface area contributed by atoms with Gasteiger partial charge in [0.25, 0.3) is 0 Å². The minimum absolute atomic E-state index is 0.691. The van der Waals surface area contributed by atoms with E-state index in [0.29, 0.717) is 6.42 Å². The van der Waals surface area contributed by atoms with Gasteiger partial charge in [-0.25, -0.2) is 0 Å². The minimum Gasteiger partial charge on any atom is -0.373 e. The van der Waals surface area contributed by atoms with Crippen molar-refractivity contribution >= 4 is 0 Å². The van der Waals surface area contributed by atoms with Crippen LogP contribution >= 0.6 is 0 Å². The number of unbranched alkanes of at least 4 members (excludes halogenated alkanes) is 2. The number of benzene rings is 1. The van der Waals surface area contributed by atoms with E-state index in [2.05, 4.69) is 25.7 Å². The number of aliphatic hydroxyl groups is 1. The standard InChI is InChI=1S/C16H22O/c1-3-5-6-10-14-16(17,13-4-2)15-11-8-7-9-12-15/h7-9,11-12,17H,3-6,13H2,1-2H3. The molecule has 17 heavy (non-hydrogen) atoms. The molecule has 1 rings (SSSR count). The van der Waals surface area contributed by atoms with Gasteiger partial charge in [-0.2, -0.15) is 0 Å². The largest absolute Gasteiger partial charge is 0.373 e. The molecule has 1 heteroatoms. The summed E-state index contributed by atoms with van der Waals surface area (Å²) < 4.78 is 0. The monoisotopic (exact) mass is 230 g/mol. The quantitative estimate of drug-likeness (QED) is 0.601. The maximum atomic E-state index is 10.6. The van der Waals surface area contributed by atoms with Gasteiger partial charge in [0.05, 0.1) is 0 Å². The summed E-state index contributed by atoms with van der Waals surface area (Å²) in [4.78, 5) is 0. The first-order valence-electron chi connectivity index (χ1n) is 6.51. The second kappa shape index (κ2) is 7.14. The highest BCUT2D eigenvalue weighted by molar-refractivity contribution is 5.31. The molecule has 0 fully saturated rings. The van der Waals surface area contributed by atoms with Gasteiger partial charge < -0.3 is 5.11 Å². The zero-order valence-corrected chi connectivity index (χ0v) is 10.9. The van der Waals surface area contributed by atoms with E-state index in [4.69, 9.17) is 0 Å². The molecule has 0 radical (unpaired) electrons. The van der Waals surface area contributed by atoms with E-state index in [1.165, 1.54) is 0 Å². The van der Waals surface area contributed by atoms with E-state index in [9.17, 15) is 5.11 Å². The smallest absolute Gasteiger partial charge is 0.150 e. The molecular weight excluding hydrogens is 208 g/mol. The Kier molecular flexibility index (Phi) is 5.80. The predicted octanol–water partition coefficient (Wildman–Crippen LogP) is 3.87. The van der Waals surface area contributed by atoms with Crippen molar-refractivity contribution in [1.82, 2.24) is 0 Å². The molecule has 0 amide bonds. The molecule has 0 bridgehead atoms. The van der Waals surface area contributed by atoms with Gasteiger partial charge in [0.1, 0.15) is 0 Å². The average molecular weight is 230 g/mol. The molecule has 0 saturated heterocycles. The van der Waals surface area contributed by atoms with Gasteiger partial charge in [-0.3, -0.25) is 0 Å². The molecule has 0 aromatic heterocycles. The lowest BCUT2D eigenvalue weighted by molar-refractivity contribution is 0.0893. The molecule has 0 saturated carbocycles. The van der Waals surface area contributed by atoms with Crippen LogP contribution in [0.1, 0.15) is 51.5 Å². The van der Waals surface area contributed by atoms with Crippen LogP contribution in [0.3, 0.4) is 0 Å². The molecule has 1 N–H and O–H groups in total. The van der Waals surface area contributed by atoms with Gasteiger partial charge in [-0.05, 0) is 18.4 Å². The topological polar surface area (TPSA) is 20.2 Å². The van der Waals surface area contributed by atoms with E-state index in [-0.39, 0.29) is 0 Å². The van der Waals surface area contributed by atoms with E-state index >= 15 is 0 Å². The summed E-state index contributed by atoms with van der Waals surface area (Å²) in [5.74, 6) is 6.16. The Morgan fingerprint density at radius 2 is 1.82 bits per heavy atom. The first kappa shape index (κ1) is 13.8. The second-order valence-electron chi connectivity index (χ2n) is 4.38. The second-order valence-corrected chi connectivity index (χ2v) is 4.38. The Bertz CT molecular complexity index is 372. The first-order valence-corrected chi connectivity index (χ1v) is 6.51. The van der Waals surface area contributed by atoms with Crippen LogP contribution < -0.4 is 0 Å². The SMILES string of the molecule is CCCCC#CC(O)(CCC)c1ccccc1. The maximum absolute atomic E-state index is 10.6. The van der Waals surface area contributed by atoms with Crippen molar-refractivity contribution < 1.29 is 5.11 Å². The van der Waals surface area contributed by atoms with E-state index < -0.39 is 5.60 Å². The molecule has 92 valence electrons. The first-order chi connectivity index (χ1) is 8.23. The normalized spacial score (nSPS) is 13.6. The third kappa shape index (κ3) is 4.24. The molecule has 0 aliphatic rings. The lowest BCUT2D eigenvalue weighted by Crippen LogP contribution is -2.23. The van der Waals surface area contributed by atoms with Crippen LogP contribution in [0.2, 0.25) is 0 Å². The van der Waals surface area contributed by atoms with Crippen LogP contribution in [0.25, 0.3) is 0 Å². The van der Waals surface area contributed by atoms with Crippen LogP contribution in [0.15, 0.2) is 30.3 Å². The Labute approximate surface area is 105 Å². The predicted molar refractivity (Wildman–Crippen MR) is 72.5 cm³/mol. The van der Waals surface area contributed by atoms with Gasteiger partial charge in [0.2, 0.25) is 0 Å². The van der Waals surface area contributed by atoms with Crippen molar-refractivity contribution in [2.75, 3.05) is 0 Å². The fraction of sp³-hybridized carbons (Fsp3) is 0.500. The molecule has 1 unspecified atom stereocenters. The summed E-state index contributed by atoms with van der Waals surface area (Å²) in [5, 5.41) is 10.6. The third-order valence-electron chi connectivity index (χ3n) is 2.81. The summed E-state index contributed by atoms with van der Waals surface area (Å²) in [6, 6.07) is 9.75. The van der Waals surface area contributed by atoms with E-state index in [1.54, 1.807) is 0 Å². The molecule has 1 aromatic carbocycles. The molecular formula is C16H22O. The van der Waals surface area contributed by atoms with Crippen LogP contribution in [-0.4, -0.2) is 5.11 Å². The maximum Gasteiger partial charge on any atom is 0.150 e. The fourth-order valence-corrected chi connectivity index (χ4v) is 1.83. The summed E-state index contributed by atoms with van der Waals surface area (Å²) in [6.45, 7) is 4.22. The van der Waals surface area contributed by atoms with Crippen molar-refractivity contribution in [3.8, 4) is 11.8 Å². The summed E-state index contributed by atoms with van der Waals surface area (Å²) in [6.07, 6.45) is 4.73. The van der Waals surface area contributed by atoms with Crippen molar-refractivity contribution in [2.24, 2.45) is 0 Å². The highest BCUT2D eigenvalue weighted by Crippen LogP contribution is 2.25. The molecule has 0 aliphatic heterocycles. The van der Waals surface area contributed by atoms with Gasteiger partial charge >= 0.3 is 0 Å².